The van der Waals surface area contributed by atoms with E-state index in [1.807, 2.05) is 60.7 Å². The molecule has 212 valence electrons. The van der Waals surface area contributed by atoms with Crippen molar-refractivity contribution in [2.24, 2.45) is 5.92 Å². The Hall–Kier alpha value is -3.56. The van der Waals surface area contributed by atoms with Crippen molar-refractivity contribution in [3.05, 3.63) is 101 Å². The van der Waals surface area contributed by atoms with Crippen LogP contribution < -0.4 is 5.32 Å². The molecule has 1 saturated heterocycles. The average molecular weight is 547 g/mol. The Morgan fingerprint density at radius 2 is 1.65 bits per heavy atom. The summed E-state index contributed by atoms with van der Waals surface area (Å²) < 4.78 is 13.1. The van der Waals surface area contributed by atoms with Crippen molar-refractivity contribution in [3.63, 3.8) is 0 Å². The summed E-state index contributed by atoms with van der Waals surface area (Å²) >= 11 is 0. The van der Waals surface area contributed by atoms with Crippen LogP contribution in [0.1, 0.15) is 60.8 Å². The lowest BCUT2D eigenvalue weighted by Crippen LogP contribution is -2.43. The molecule has 0 bridgehead atoms. The van der Waals surface area contributed by atoms with Crippen molar-refractivity contribution < 1.29 is 29.3 Å². The van der Waals surface area contributed by atoms with E-state index in [0.29, 0.717) is 12.2 Å². The highest BCUT2D eigenvalue weighted by molar-refractivity contribution is 5.90. The topological polar surface area (TPSA) is 108 Å². The van der Waals surface area contributed by atoms with Gasteiger partial charge in [0, 0.05) is 43.1 Å². The standard InChI is InChI=1S/C32H38N2O6/c1-22-28(20-34(2)19-23-8-4-3-5-9-23)39-32(40-31(22)25-16-14-24(21-35)15-17-25)26-10-6-11-27(18-26)33-29(36)12-7-13-30(37)38/h3-6,8-11,14-18,22,28,31-32,35H,7,12-13,19-21H2,1-2H3,(H,33,36)(H,37,38). The average Bonchev–Trinajstić information content (AvgIpc) is 2.94. The molecule has 1 aliphatic rings. The zero-order chi connectivity index (χ0) is 28.5. The van der Waals surface area contributed by atoms with Crippen molar-refractivity contribution in [2.75, 3.05) is 18.9 Å². The normalized spacial score (nSPS) is 20.8. The van der Waals surface area contributed by atoms with E-state index in [2.05, 4.69) is 36.3 Å². The molecule has 8 nitrogen and oxygen atoms in total. The van der Waals surface area contributed by atoms with E-state index in [4.69, 9.17) is 14.6 Å². The number of carboxylic acids is 1. The lowest BCUT2D eigenvalue weighted by molar-refractivity contribution is -0.276. The quantitative estimate of drug-likeness (QED) is 0.283. The third-order valence-electron chi connectivity index (χ3n) is 7.15. The molecule has 0 spiro atoms. The van der Waals surface area contributed by atoms with Gasteiger partial charge in [-0.25, -0.2) is 0 Å². The summed E-state index contributed by atoms with van der Waals surface area (Å²) in [5.41, 5.74) is 4.46. The molecule has 4 unspecified atom stereocenters. The first-order valence-electron chi connectivity index (χ1n) is 13.7. The second-order valence-corrected chi connectivity index (χ2v) is 10.4. The van der Waals surface area contributed by atoms with Gasteiger partial charge in [0.05, 0.1) is 18.8 Å². The van der Waals surface area contributed by atoms with Crippen LogP contribution in [-0.4, -0.2) is 46.7 Å². The minimum atomic E-state index is -0.917. The number of nitrogens with zero attached hydrogens (tertiary/aromatic N) is 1. The number of anilines is 1. The summed E-state index contributed by atoms with van der Waals surface area (Å²) in [6.07, 6.45) is -0.664. The van der Waals surface area contributed by atoms with E-state index in [9.17, 15) is 14.7 Å². The summed E-state index contributed by atoms with van der Waals surface area (Å²) in [5.74, 6) is -1.11. The molecule has 4 atom stereocenters. The van der Waals surface area contributed by atoms with Gasteiger partial charge in [-0.2, -0.15) is 0 Å². The van der Waals surface area contributed by atoms with Gasteiger partial charge in [0.15, 0.2) is 6.29 Å². The van der Waals surface area contributed by atoms with E-state index in [1.165, 1.54) is 5.56 Å². The number of likely N-dealkylation sites (N-methyl/N-ethyl adjacent to an activating group) is 1. The molecule has 0 saturated carbocycles. The van der Waals surface area contributed by atoms with E-state index >= 15 is 0 Å². The fraction of sp³-hybridized carbons (Fsp3) is 0.375. The van der Waals surface area contributed by atoms with Crippen LogP contribution in [0.4, 0.5) is 5.69 Å². The number of rotatable bonds is 12. The first-order chi connectivity index (χ1) is 19.3. The van der Waals surface area contributed by atoms with Crippen molar-refractivity contribution in [1.82, 2.24) is 4.90 Å². The number of carbonyl (C=O) groups is 2. The molecule has 8 heteroatoms. The molecule has 1 aliphatic heterocycles. The Balaban J connectivity index is 1.52. The fourth-order valence-electron chi connectivity index (χ4n) is 4.98. The molecular formula is C32H38N2O6. The van der Waals surface area contributed by atoms with Crippen LogP contribution in [0.3, 0.4) is 0 Å². The molecular weight excluding hydrogens is 508 g/mol. The molecule has 0 aromatic heterocycles. The molecule has 0 aliphatic carbocycles. The number of ether oxygens (including phenoxy) is 2. The summed E-state index contributed by atoms with van der Waals surface area (Å²) in [6.45, 7) is 3.60. The van der Waals surface area contributed by atoms with Crippen molar-refractivity contribution >= 4 is 17.6 Å². The maximum absolute atomic E-state index is 12.3. The second-order valence-electron chi connectivity index (χ2n) is 10.4. The van der Waals surface area contributed by atoms with Gasteiger partial charge < -0.3 is 25.0 Å². The summed E-state index contributed by atoms with van der Waals surface area (Å²) in [5, 5.41) is 21.2. The van der Waals surface area contributed by atoms with Gasteiger partial charge in [-0.3, -0.25) is 14.5 Å². The lowest BCUT2D eigenvalue weighted by atomic mass is 9.90. The fourth-order valence-corrected chi connectivity index (χ4v) is 4.98. The molecule has 0 radical (unpaired) electrons. The van der Waals surface area contributed by atoms with E-state index in [-0.39, 0.29) is 49.9 Å². The van der Waals surface area contributed by atoms with Crippen molar-refractivity contribution in [2.45, 2.75) is 57.8 Å². The zero-order valence-electron chi connectivity index (χ0n) is 23.0. The van der Waals surface area contributed by atoms with Crippen LogP contribution in [0.15, 0.2) is 78.9 Å². The molecule has 1 heterocycles. The number of benzene rings is 3. The number of aliphatic hydroxyl groups excluding tert-OH is 1. The minimum Gasteiger partial charge on any atom is -0.481 e. The molecule has 1 fully saturated rings. The highest BCUT2D eigenvalue weighted by atomic mass is 16.7. The predicted molar refractivity (Wildman–Crippen MR) is 152 cm³/mol. The number of hydrogen-bond acceptors (Lipinski definition) is 6. The van der Waals surface area contributed by atoms with Gasteiger partial charge in [0.2, 0.25) is 5.91 Å². The van der Waals surface area contributed by atoms with Crippen LogP contribution in [0.5, 0.6) is 0 Å². The lowest BCUT2D eigenvalue weighted by Gasteiger charge is -2.42. The first kappa shape index (κ1) is 29.4. The Labute approximate surface area is 235 Å². The maximum atomic E-state index is 12.3. The number of hydrogen-bond donors (Lipinski definition) is 3. The molecule has 4 rings (SSSR count). The largest absolute Gasteiger partial charge is 0.481 e. The van der Waals surface area contributed by atoms with Gasteiger partial charge >= 0.3 is 5.97 Å². The van der Waals surface area contributed by atoms with Gasteiger partial charge in [-0.15, -0.1) is 0 Å². The van der Waals surface area contributed by atoms with Crippen LogP contribution >= 0.6 is 0 Å². The van der Waals surface area contributed by atoms with Gasteiger partial charge in [0.1, 0.15) is 0 Å². The third-order valence-corrected chi connectivity index (χ3v) is 7.15. The Morgan fingerprint density at radius 1 is 0.900 bits per heavy atom. The summed E-state index contributed by atoms with van der Waals surface area (Å²) in [4.78, 5) is 25.4. The number of aliphatic hydroxyl groups is 1. The number of nitrogens with one attached hydrogen (secondary N) is 1. The van der Waals surface area contributed by atoms with E-state index in [1.54, 1.807) is 6.07 Å². The zero-order valence-corrected chi connectivity index (χ0v) is 23.0. The van der Waals surface area contributed by atoms with Crippen LogP contribution in [-0.2, 0) is 32.2 Å². The number of carboxylic acid groups (broad SMARTS) is 1. The van der Waals surface area contributed by atoms with Crippen LogP contribution in [0.2, 0.25) is 0 Å². The highest BCUT2D eigenvalue weighted by Gasteiger charge is 2.38. The molecule has 3 N–H and O–H groups in total. The monoisotopic (exact) mass is 546 g/mol. The van der Waals surface area contributed by atoms with E-state index < -0.39 is 12.3 Å². The SMILES string of the molecule is CC1C(CN(C)Cc2ccccc2)OC(c2cccc(NC(=O)CCCC(=O)O)c2)OC1c1ccc(CO)cc1. The molecule has 1 amide bonds. The number of carbonyl (C=O) groups excluding carboxylic acids is 1. The Bertz CT molecular complexity index is 1250. The van der Waals surface area contributed by atoms with Crippen LogP contribution in [0, 0.1) is 5.92 Å². The Kier molecular flexibility index (Phi) is 10.4. The van der Waals surface area contributed by atoms with Gasteiger partial charge in [0.25, 0.3) is 0 Å². The smallest absolute Gasteiger partial charge is 0.303 e. The van der Waals surface area contributed by atoms with Crippen molar-refractivity contribution in [3.8, 4) is 0 Å². The summed E-state index contributed by atoms with van der Waals surface area (Å²) in [7, 11) is 2.08. The molecule has 3 aromatic rings. The first-order valence-corrected chi connectivity index (χ1v) is 13.7. The van der Waals surface area contributed by atoms with E-state index in [0.717, 1.165) is 23.2 Å². The molecule has 3 aromatic carbocycles. The highest BCUT2D eigenvalue weighted by Crippen LogP contribution is 2.42. The Morgan fingerprint density at radius 3 is 2.35 bits per heavy atom. The van der Waals surface area contributed by atoms with Crippen LogP contribution in [0.25, 0.3) is 0 Å². The molecule has 40 heavy (non-hydrogen) atoms. The summed E-state index contributed by atoms with van der Waals surface area (Å²) in [6, 6.07) is 25.5. The van der Waals surface area contributed by atoms with Crippen molar-refractivity contribution in [1.29, 1.82) is 0 Å². The predicted octanol–water partition coefficient (Wildman–Crippen LogP) is 5.30. The minimum absolute atomic E-state index is 0.0190. The van der Waals surface area contributed by atoms with Gasteiger partial charge in [-0.05, 0) is 42.3 Å². The third kappa shape index (κ3) is 8.22. The second kappa shape index (κ2) is 14.2. The van der Waals surface area contributed by atoms with Gasteiger partial charge in [-0.1, -0.05) is 73.7 Å². The number of amides is 1. The maximum Gasteiger partial charge on any atom is 0.303 e. The number of aliphatic carboxylic acids is 1.